The number of fused-ring (bicyclic) bond motifs is 1. The lowest BCUT2D eigenvalue weighted by Crippen LogP contribution is -2.58. The van der Waals surface area contributed by atoms with Gasteiger partial charge < -0.3 is 15.0 Å². The van der Waals surface area contributed by atoms with Gasteiger partial charge in [0, 0.05) is 18.8 Å². The summed E-state index contributed by atoms with van der Waals surface area (Å²) < 4.78 is 5.71. The molecule has 1 saturated heterocycles. The van der Waals surface area contributed by atoms with Crippen molar-refractivity contribution in [2.45, 2.75) is 12.6 Å². The van der Waals surface area contributed by atoms with Gasteiger partial charge in [0.25, 0.3) is 0 Å². The largest absolute Gasteiger partial charge is 0.471 e. The van der Waals surface area contributed by atoms with Crippen LogP contribution in [0.2, 0.25) is 0 Å². The second-order valence-electron chi connectivity index (χ2n) is 6.44. The van der Waals surface area contributed by atoms with Gasteiger partial charge in [0.05, 0.1) is 24.7 Å². The summed E-state index contributed by atoms with van der Waals surface area (Å²) in [6.07, 6.45) is 1.44. The zero-order valence-electron chi connectivity index (χ0n) is 14.6. The molecule has 2 aromatic carbocycles. The van der Waals surface area contributed by atoms with E-state index in [0.29, 0.717) is 31.1 Å². The molecule has 1 fully saturated rings. The number of hydrogen-bond donors (Lipinski definition) is 1. The van der Waals surface area contributed by atoms with Gasteiger partial charge in [-0.25, -0.2) is 9.78 Å². The molecule has 0 aliphatic carbocycles. The lowest BCUT2D eigenvalue weighted by atomic mass is 10.0. The van der Waals surface area contributed by atoms with Crippen LogP contribution < -0.4 is 10.1 Å². The quantitative estimate of drug-likeness (QED) is 0.777. The third kappa shape index (κ3) is 3.67. The number of benzene rings is 2. The van der Waals surface area contributed by atoms with Crippen molar-refractivity contribution in [2.24, 2.45) is 0 Å². The Balaban J connectivity index is 1.30. The summed E-state index contributed by atoms with van der Waals surface area (Å²) in [6.45, 7) is 1.48. The number of amides is 2. The Morgan fingerprint density at radius 3 is 2.89 bits per heavy atom. The Morgan fingerprint density at radius 1 is 1.22 bits per heavy atom. The van der Waals surface area contributed by atoms with Crippen molar-refractivity contribution in [3.8, 4) is 11.9 Å². The Hall–Kier alpha value is -3.59. The van der Waals surface area contributed by atoms with Crippen LogP contribution in [-0.4, -0.2) is 35.1 Å². The van der Waals surface area contributed by atoms with Gasteiger partial charge >= 0.3 is 6.03 Å². The Bertz CT molecular complexity index is 1020. The lowest BCUT2D eigenvalue weighted by molar-refractivity contribution is 0.0413. The maximum atomic E-state index is 12.3. The zero-order chi connectivity index (χ0) is 18.6. The van der Waals surface area contributed by atoms with Crippen molar-refractivity contribution in [3.05, 3.63) is 71.9 Å². The van der Waals surface area contributed by atoms with Crippen molar-refractivity contribution in [1.82, 2.24) is 15.2 Å². The van der Waals surface area contributed by atoms with E-state index in [2.05, 4.69) is 34.6 Å². The van der Waals surface area contributed by atoms with Gasteiger partial charge in [0.15, 0.2) is 0 Å². The third-order valence-electron chi connectivity index (χ3n) is 4.60. The average Bonchev–Trinajstić information content (AvgIpc) is 2.68. The van der Waals surface area contributed by atoms with Gasteiger partial charge in [-0.3, -0.25) is 0 Å². The van der Waals surface area contributed by atoms with Gasteiger partial charge in [0.2, 0.25) is 5.88 Å². The summed E-state index contributed by atoms with van der Waals surface area (Å²) in [6, 6.07) is 19.4. The number of urea groups is 1. The molecule has 2 heterocycles. The molecule has 134 valence electrons. The molecule has 0 spiro atoms. The van der Waals surface area contributed by atoms with Gasteiger partial charge in [-0.1, -0.05) is 42.5 Å². The first-order valence-corrected chi connectivity index (χ1v) is 8.75. The fraction of sp³-hybridized carbons (Fsp3) is 0.190. The van der Waals surface area contributed by atoms with E-state index in [-0.39, 0.29) is 12.1 Å². The second kappa shape index (κ2) is 7.34. The standard InChI is InChI=1S/C21H18N4O2/c22-11-15-8-9-23-20(10-15)27-18-13-25(14-18)21(26)24-12-17-6-3-5-16-4-1-2-7-19(16)17/h1-10,18H,12-14H2,(H,24,26). The summed E-state index contributed by atoms with van der Waals surface area (Å²) in [5.74, 6) is 0.412. The SMILES string of the molecule is N#Cc1ccnc(OC2CN(C(=O)NCc3cccc4ccccc34)C2)c1. The van der Waals surface area contributed by atoms with Gasteiger partial charge in [-0.15, -0.1) is 0 Å². The van der Waals surface area contributed by atoms with E-state index in [4.69, 9.17) is 10.00 Å². The molecule has 2 amide bonds. The van der Waals surface area contributed by atoms with E-state index in [1.54, 1.807) is 23.2 Å². The smallest absolute Gasteiger partial charge is 0.317 e. The summed E-state index contributed by atoms with van der Waals surface area (Å²) in [7, 11) is 0. The van der Waals surface area contributed by atoms with Crippen LogP contribution in [-0.2, 0) is 6.54 Å². The molecule has 1 aromatic heterocycles. The number of pyridine rings is 1. The predicted molar refractivity (Wildman–Crippen MR) is 101 cm³/mol. The minimum absolute atomic E-state index is 0.102. The van der Waals surface area contributed by atoms with Crippen molar-refractivity contribution in [3.63, 3.8) is 0 Å². The molecule has 1 N–H and O–H groups in total. The molecule has 0 saturated carbocycles. The molecule has 0 atom stereocenters. The fourth-order valence-electron chi connectivity index (χ4n) is 3.12. The molecular formula is C21H18N4O2. The highest BCUT2D eigenvalue weighted by Crippen LogP contribution is 2.19. The molecule has 0 unspecified atom stereocenters. The monoisotopic (exact) mass is 358 g/mol. The number of rotatable bonds is 4. The Morgan fingerprint density at radius 2 is 2.04 bits per heavy atom. The normalized spacial score (nSPS) is 13.7. The number of likely N-dealkylation sites (tertiary alicyclic amines) is 1. The van der Waals surface area contributed by atoms with E-state index in [1.165, 1.54) is 0 Å². The van der Waals surface area contributed by atoms with Crippen LogP contribution in [0.4, 0.5) is 4.79 Å². The van der Waals surface area contributed by atoms with Gasteiger partial charge in [0.1, 0.15) is 6.10 Å². The van der Waals surface area contributed by atoms with Crippen LogP contribution >= 0.6 is 0 Å². The van der Waals surface area contributed by atoms with E-state index in [9.17, 15) is 4.79 Å². The predicted octanol–water partition coefficient (Wildman–Crippen LogP) is 3.08. The van der Waals surface area contributed by atoms with Crippen LogP contribution in [0.3, 0.4) is 0 Å². The van der Waals surface area contributed by atoms with Crippen molar-refractivity contribution in [2.75, 3.05) is 13.1 Å². The highest BCUT2D eigenvalue weighted by atomic mass is 16.5. The maximum Gasteiger partial charge on any atom is 0.317 e. The van der Waals surface area contributed by atoms with Crippen LogP contribution in [0.1, 0.15) is 11.1 Å². The molecule has 0 bridgehead atoms. The highest BCUT2D eigenvalue weighted by Gasteiger charge is 2.32. The topological polar surface area (TPSA) is 78.2 Å². The third-order valence-corrected chi connectivity index (χ3v) is 4.60. The number of nitriles is 1. The summed E-state index contributed by atoms with van der Waals surface area (Å²) in [4.78, 5) is 18.1. The molecule has 27 heavy (non-hydrogen) atoms. The molecular weight excluding hydrogens is 340 g/mol. The number of aromatic nitrogens is 1. The molecule has 0 radical (unpaired) electrons. The number of ether oxygens (including phenoxy) is 1. The molecule has 4 rings (SSSR count). The molecule has 6 nitrogen and oxygen atoms in total. The van der Waals surface area contributed by atoms with Gasteiger partial charge in [-0.05, 0) is 22.4 Å². The molecule has 6 heteroatoms. The maximum absolute atomic E-state index is 12.3. The van der Waals surface area contributed by atoms with E-state index in [1.807, 2.05) is 24.3 Å². The van der Waals surface area contributed by atoms with E-state index in [0.717, 1.165) is 16.3 Å². The minimum Gasteiger partial charge on any atom is -0.471 e. The van der Waals surface area contributed by atoms with Crippen molar-refractivity contribution >= 4 is 16.8 Å². The number of nitrogens with zero attached hydrogens (tertiary/aromatic N) is 3. The van der Waals surface area contributed by atoms with Gasteiger partial charge in [-0.2, -0.15) is 5.26 Å². The zero-order valence-corrected chi connectivity index (χ0v) is 14.6. The van der Waals surface area contributed by atoms with E-state index < -0.39 is 0 Å². The first-order valence-electron chi connectivity index (χ1n) is 8.75. The molecule has 1 aliphatic rings. The Labute approximate surface area is 157 Å². The fourth-order valence-corrected chi connectivity index (χ4v) is 3.12. The number of carbonyl (C=O) groups is 1. The summed E-state index contributed by atoms with van der Waals surface area (Å²) in [5.41, 5.74) is 1.59. The van der Waals surface area contributed by atoms with Crippen molar-refractivity contribution in [1.29, 1.82) is 5.26 Å². The van der Waals surface area contributed by atoms with Crippen LogP contribution in [0.25, 0.3) is 10.8 Å². The first kappa shape index (κ1) is 16.9. The first-order chi connectivity index (χ1) is 13.2. The Kier molecular flexibility index (Phi) is 4.58. The van der Waals surface area contributed by atoms with Crippen molar-refractivity contribution < 1.29 is 9.53 Å². The minimum atomic E-state index is -0.110. The summed E-state index contributed by atoms with van der Waals surface area (Å²) in [5, 5.41) is 14.2. The highest BCUT2D eigenvalue weighted by molar-refractivity contribution is 5.86. The summed E-state index contributed by atoms with van der Waals surface area (Å²) >= 11 is 0. The van der Waals surface area contributed by atoms with Crippen LogP contribution in [0.5, 0.6) is 5.88 Å². The average molecular weight is 358 g/mol. The molecule has 3 aromatic rings. The molecule has 1 aliphatic heterocycles. The van der Waals surface area contributed by atoms with Crippen LogP contribution in [0, 0.1) is 11.3 Å². The second-order valence-corrected chi connectivity index (χ2v) is 6.44. The number of hydrogen-bond acceptors (Lipinski definition) is 4. The number of carbonyl (C=O) groups excluding carboxylic acids is 1. The number of nitrogens with one attached hydrogen (secondary N) is 1. The van der Waals surface area contributed by atoms with Crippen LogP contribution in [0.15, 0.2) is 60.8 Å². The van der Waals surface area contributed by atoms with E-state index >= 15 is 0 Å². The lowest BCUT2D eigenvalue weighted by Gasteiger charge is -2.38.